The number of hydrogen-bond donors (Lipinski definition) is 2. The third kappa shape index (κ3) is 6.99. The van der Waals surface area contributed by atoms with Gasteiger partial charge in [-0.1, -0.05) is 0 Å². The molecule has 1 aliphatic heterocycles. The zero-order chi connectivity index (χ0) is 22.8. The SMILES string of the molecule is O=C(O)NCCOCCOCCOc1c(-c2csc(N3CCOCC3)n2)ccc(F)c1F. The summed E-state index contributed by atoms with van der Waals surface area (Å²) in [6.07, 6.45) is -1.11. The van der Waals surface area contributed by atoms with Gasteiger partial charge in [0.1, 0.15) is 6.61 Å². The van der Waals surface area contributed by atoms with Gasteiger partial charge in [0, 0.05) is 30.6 Å². The van der Waals surface area contributed by atoms with E-state index >= 15 is 0 Å². The number of halogens is 2. The van der Waals surface area contributed by atoms with Crippen LogP contribution in [-0.2, 0) is 14.2 Å². The molecule has 0 unspecified atom stereocenters. The zero-order valence-corrected chi connectivity index (χ0v) is 18.2. The summed E-state index contributed by atoms with van der Waals surface area (Å²) in [5.74, 6) is -2.28. The highest BCUT2D eigenvalue weighted by Crippen LogP contribution is 2.36. The molecule has 1 fully saturated rings. The maximum atomic E-state index is 14.5. The Labute approximate surface area is 187 Å². The van der Waals surface area contributed by atoms with Crippen LogP contribution in [0.4, 0.5) is 18.7 Å². The highest BCUT2D eigenvalue weighted by Gasteiger charge is 2.20. The van der Waals surface area contributed by atoms with Gasteiger partial charge in [0.05, 0.1) is 45.3 Å². The first kappa shape index (κ1) is 24.1. The number of aromatic nitrogens is 1. The van der Waals surface area contributed by atoms with E-state index in [2.05, 4.69) is 15.2 Å². The van der Waals surface area contributed by atoms with Crippen molar-refractivity contribution in [1.29, 1.82) is 0 Å². The minimum Gasteiger partial charge on any atom is -0.487 e. The van der Waals surface area contributed by atoms with Crippen LogP contribution in [0.2, 0.25) is 0 Å². The maximum absolute atomic E-state index is 14.5. The Morgan fingerprint density at radius 1 is 1.16 bits per heavy atom. The van der Waals surface area contributed by atoms with E-state index in [1.165, 1.54) is 17.4 Å². The second kappa shape index (κ2) is 12.5. The molecular formula is C20H25F2N3O6S. The Bertz CT molecular complexity index is 879. The second-order valence-electron chi connectivity index (χ2n) is 6.66. The van der Waals surface area contributed by atoms with Crippen molar-refractivity contribution in [2.45, 2.75) is 0 Å². The summed E-state index contributed by atoms with van der Waals surface area (Å²) >= 11 is 1.43. The topological polar surface area (TPSA) is 102 Å². The molecule has 1 amide bonds. The van der Waals surface area contributed by atoms with Crippen LogP contribution in [0.25, 0.3) is 11.3 Å². The Morgan fingerprint density at radius 2 is 1.88 bits per heavy atom. The van der Waals surface area contributed by atoms with Crippen LogP contribution in [0, 0.1) is 11.6 Å². The van der Waals surface area contributed by atoms with Gasteiger partial charge >= 0.3 is 6.09 Å². The van der Waals surface area contributed by atoms with Crippen molar-refractivity contribution in [2.75, 3.05) is 70.8 Å². The highest BCUT2D eigenvalue weighted by atomic mass is 32.1. The van der Waals surface area contributed by atoms with E-state index in [-0.39, 0.29) is 45.3 Å². The van der Waals surface area contributed by atoms with E-state index in [1.54, 1.807) is 5.38 Å². The van der Waals surface area contributed by atoms with Crippen molar-refractivity contribution in [1.82, 2.24) is 10.3 Å². The number of benzene rings is 1. The summed E-state index contributed by atoms with van der Waals surface area (Å²) in [4.78, 5) is 17.0. The molecule has 2 N–H and O–H groups in total. The van der Waals surface area contributed by atoms with Crippen molar-refractivity contribution < 1.29 is 37.6 Å². The fourth-order valence-electron chi connectivity index (χ4n) is 2.92. The fraction of sp³-hybridized carbons (Fsp3) is 0.500. The first-order chi connectivity index (χ1) is 15.6. The lowest BCUT2D eigenvalue weighted by Crippen LogP contribution is -2.36. The molecule has 2 heterocycles. The minimum atomic E-state index is -1.11. The van der Waals surface area contributed by atoms with Gasteiger partial charge in [-0.2, -0.15) is 4.39 Å². The predicted octanol–water partition coefficient (Wildman–Crippen LogP) is 2.60. The molecule has 0 bridgehead atoms. The molecule has 32 heavy (non-hydrogen) atoms. The van der Waals surface area contributed by atoms with E-state index in [9.17, 15) is 13.6 Å². The molecular weight excluding hydrogens is 448 g/mol. The number of hydrogen-bond acceptors (Lipinski definition) is 8. The lowest BCUT2D eigenvalue weighted by atomic mass is 10.1. The van der Waals surface area contributed by atoms with Crippen LogP contribution in [0.3, 0.4) is 0 Å². The van der Waals surface area contributed by atoms with E-state index in [0.29, 0.717) is 24.5 Å². The lowest BCUT2D eigenvalue weighted by Gasteiger charge is -2.26. The molecule has 176 valence electrons. The van der Waals surface area contributed by atoms with Gasteiger partial charge in [0.15, 0.2) is 16.7 Å². The van der Waals surface area contributed by atoms with E-state index < -0.39 is 17.7 Å². The van der Waals surface area contributed by atoms with Crippen molar-refractivity contribution >= 4 is 22.6 Å². The molecule has 0 aliphatic carbocycles. The molecule has 9 nitrogen and oxygen atoms in total. The van der Waals surface area contributed by atoms with Gasteiger partial charge in [-0.15, -0.1) is 11.3 Å². The molecule has 0 atom stereocenters. The Morgan fingerprint density at radius 3 is 2.62 bits per heavy atom. The van der Waals surface area contributed by atoms with Crippen LogP contribution in [0.1, 0.15) is 0 Å². The zero-order valence-electron chi connectivity index (χ0n) is 17.4. The van der Waals surface area contributed by atoms with Crippen molar-refractivity contribution in [2.24, 2.45) is 0 Å². The van der Waals surface area contributed by atoms with Crippen LogP contribution < -0.4 is 15.0 Å². The van der Waals surface area contributed by atoms with Gasteiger partial charge in [-0.05, 0) is 12.1 Å². The average molecular weight is 473 g/mol. The summed E-state index contributed by atoms with van der Waals surface area (Å²) in [5.41, 5.74) is 0.878. The quantitative estimate of drug-likeness (QED) is 0.454. The molecule has 0 spiro atoms. The summed E-state index contributed by atoms with van der Waals surface area (Å²) in [7, 11) is 0. The Hall–Kier alpha value is -2.54. The number of nitrogens with one attached hydrogen (secondary N) is 1. The molecule has 0 radical (unpaired) electrons. The molecule has 2 aromatic rings. The number of carbonyl (C=O) groups is 1. The number of thiazole rings is 1. The average Bonchev–Trinajstić information content (AvgIpc) is 3.28. The summed E-state index contributed by atoms with van der Waals surface area (Å²) in [5, 5.41) is 13.2. The fourth-order valence-corrected chi connectivity index (χ4v) is 3.80. The van der Waals surface area contributed by atoms with Gasteiger partial charge in [-0.3, -0.25) is 0 Å². The van der Waals surface area contributed by atoms with E-state index in [4.69, 9.17) is 24.1 Å². The lowest BCUT2D eigenvalue weighted by molar-refractivity contribution is 0.0369. The van der Waals surface area contributed by atoms with Gasteiger partial charge in [0.25, 0.3) is 0 Å². The summed E-state index contributed by atoms with van der Waals surface area (Å²) in [6, 6.07) is 2.50. The number of ether oxygens (including phenoxy) is 4. The smallest absolute Gasteiger partial charge is 0.404 e. The summed E-state index contributed by atoms with van der Waals surface area (Å²) in [6.45, 7) is 3.78. The maximum Gasteiger partial charge on any atom is 0.404 e. The number of rotatable bonds is 12. The van der Waals surface area contributed by atoms with Crippen LogP contribution in [-0.4, -0.2) is 82.1 Å². The molecule has 0 saturated carbocycles. The first-order valence-corrected chi connectivity index (χ1v) is 11.0. The van der Waals surface area contributed by atoms with Crippen LogP contribution >= 0.6 is 11.3 Å². The standard InChI is InChI=1S/C20H25F2N3O6S/c21-15-2-1-14(16-13-32-19(24-16)25-4-7-29-8-5-25)18(17(15)22)31-12-11-30-10-9-28-6-3-23-20(26)27/h1-2,13,23H,3-12H2,(H,26,27). The highest BCUT2D eigenvalue weighted by molar-refractivity contribution is 7.14. The van der Waals surface area contributed by atoms with Crippen molar-refractivity contribution in [3.05, 3.63) is 29.1 Å². The largest absolute Gasteiger partial charge is 0.487 e. The Balaban J connectivity index is 1.50. The monoisotopic (exact) mass is 473 g/mol. The molecule has 1 saturated heterocycles. The van der Waals surface area contributed by atoms with Crippen LogP contribution in [0.15, 0.2) is 17.5 Å². The van der Waals surface area contributed by atoms with Crippen molar-refractivity contribution in [3.8, 4) is 17.0 Å². The number of amides is 1. The van der Waals surface area contributed by atoms with E-state index in [1.807, 2.05) is 0 Å². The number of morpholine rings is 1. The first-order valence-electron chi connectivity index (χ1n) is 10.1. The van der Waals surface area contributed by atoms with Crippen molar-refractivity contribution in [3.63, 3.8) is 0 Å². The number of nitrogens with zero attached hydrogens (tertiary/aromatic N) is 2. The number of carboxylic acid groups (broad SMARTS) is 1. The third-order valence-corrected chi connectivity index (χ3v) is 5.37. The second-order valence-corrected chi connectivity index (χ2v) is 7.49. The molecule has 1 aromatic heterocycles. The minimum absolute atomic E-state index is 0.00833. The normalized spacial score (nSPS) is 13.9. The van der Waals surface area contributed by atoms with E-state index in [0.717, 1.165) is 24.3 Å². The molecule has 1 aliphatic rings. The van der Waals surface area contributed by atoms with Crippen LogP contribution in [0.5, 0.6) is 5.75 Å². The summed E-state index contributed by atoms with van der Waals surface area (Å²) < 4.78 is 49.7. The molecule has 12 heteroatoms. The molecule has 3 rings (SSSR count). The molecule has 1 aromatic carbocycles. The third-order valence-electron chi connectivity index (χ3n) is 4.47. The Kier molecular flexibility index (Phi) is 9.41. The van der Waals surface area contributed by atoms with Gasteiger partial charge in [0.2, 0.25) is 5.82 Å². The number of anilines is 1. The van der Waals surface area contributed by atoms with Gasteiger partial charge in [-0.25, -0.2) is 14.2 Å². The predicted molar refractivity (Wildman–Crippen MR) is 114 cm³/mol. The van der Waals surface area contributed by atoms with Gasteiger partial charge < -0.3 is 34.3 Å².